The number of hydrogen-bond acceptors (Lipinski definition) is 1. The van der Waals surface area contributed by atoms with E-state index in [-0.39, 0.29) is 0 Å². The van der Waals surface area contributed by atoms with Crippen LogP contribution in [0.25, 0.3) is 0 Å². The van der Waals surface area contributed by atoms with Gasteiger partial charge in [0.25, 0.3) is 0 Å². The van der Waals surface area contributed by atoms with Gasteiger partial charge >= 0.3 is 0 Å². The van der Waals surface area contributed by atoms with Crippen LogP contribution in [0.15, 0.2) is 0 Å². The highest BCUT2D eigenvalue weighted by Gasteiger charge is 2.30. The van der Waals surface area contributed by atoms with E-state index < -0.39 is 0 Å². The zero-order chi connectivity index (χ0) is 15.6. The van der Waals surface area contributed by atoms with E-state index in [1.807, 2.05) is 0 Å². The van der Waals surface area contributed by atoms with E-state index in [0.29, 0.717) is 6.10 Å². The van der Waals surface area contributed by atoms with E-state index in [0.717, 1.165) is 24.4 Å². The van der Waals surface area contributed by atoms with Gasteiger partial charge in [0.15, 0.2) is 0 Å². The Balaban J connectivity index is 1.52. The first-order chi connectivity index (χ1) is 10.8. The van der Waals surface area contributed by atoms with Gasteiger partial charge in [-0.3, -0.25) is 0 Å². The average molecular weight is 309 g/mol. The highest BCUT2D eigenvalue weighted by atomic mass is 16.5. The maximum Gasteiger partial charge on any atom is 0.0575 e. The van der Waals surface area contributed by atoms with Crippen molar-refractivity contribution in [2.24, 2.45) is 17.8 Å². The fraction of sp³-hybridized carbons (Fsp3) is 1.00. The van der Waals surface area contributed by atoms with Crippen LogP contribution >= 0.6 is 0 Å². The summed E-state index contributed by atoms with van der Waals surface area (Å²) >= 11 is 0. The van der Waals surface area contributed by atoms with E-state index in [1.165, 1.54) is 89.9 Å². The molecule has 0 aromatic heterocycles. The normalized spacial score (nSPS) is 33.0. The molecule has 2 saturated carbocycles. The molecule has 0 bridgehead atoms. The Morgan fingerprint density at radius 1 is 0.682 bits per heavy atom. The van der Waals surface area contributed by atoms with Crippen LogP contribution in [0.3, 0.4) is 0 Å². The summed E-state index contributed by atoms with van der Waals surface area (Å²) in [5.41, 5.74) is 0. The molecule has 0 heterocycles. The lowest BCUT2D eigenvalue weighted by molar-refractivity contribution is 0.00537. The largest absolute Gasteiger partial charge is 0.378 e. The van der Waals surface area contributed by atoms with Crippen molar-refractivity contribution in [1.82, 2.24) is 0 Å². The molecule has 1 nitrogen and oxygen atoms in total. The SMILES string of the molecule is CCCCCCCOC1CCC(C2CCC(CC)CC2)CC1. The van der Waals surface area contributed by atoms with Crippen LogP contribution in [0, 0.1) is 17.8 Å². The summed E-state index contributed by atoms with van der Waals surface area (Å²) in [4.78, 5) is 0. The summed E-state index contributed by atoms with van der Waals surface area (Å²) in [6.07, 6.45) is 20.4. The van der Waals surface area contributed by atoms with E-state index in [4.69, 9.17) is 4.74 Å². The van der Waals surface area contributed by atoms with Gasteiger partial charge in [-0.2, -0.15) is 0 Å². The van der Waals surface area contributed by atoms with Crippen molar-refractivity contribution in [1.29, 1.82) is 0 Å². The van der Waals surface area contributed by atoms with Gasteiger partial charge in [0.1, 0.15) is 0 Å². The zero-order valence-electron chi connectivity index (χ0n) is 15.3. The third-order valence-electron chi connectivity index (χ3n) is 6.46. The van der Waals surface area contributed by atoms with Crippen molar-refractivity contribution in [3.05, 3.63) is 0 Å². The molecule has 0 atom stereocenters. The van der Waals surface area contributed by atoms with Crippen LogP contribution in [0.5, 0.6) is 0 Å². The molecule has 2 aliphatic carbocycles. The molecule has 0 N–H and O–H groups in total. The molecule has 2 fully saturated rings. The Kier molecular flexibility index (Phi) is 8.89. The Bertz CT molecular complexity index is 259. The zero-order valence-corrected chi connectivity index (χ0v) is 15.3. The first-order valence-corrected chi connectivity index (χ1v) is 10.4. The van der Waals surface area contributed by atoms with E-state index in [2.05, 4.69) is 13.8 Å². The molecule has 0 unspecified atom stereocenters. The van der Waals surface area contributed by atoms with Crippen molar-refractivity contribution in [2.75, 3.05) is 6.61 Å². The van der Waals surface area contributed by atoms with Gasteiger partial charge in [0.2, 0.25) is 0 Å². The molecule has 130 valence electrons. The quantitative estimate of drug-likeness (QED) is 0.428. The lowest BCUT2D eigenvalue weighted by Gasteiger charge is -2.37. The van der Waals surface area contributed by atoms with E-state index >= 15 is 0 Å². The Morgan fingerprint density at radius 2 is 1.27 bits per heavy atom. The van der Waals surface area contributed by atoms with Crippen molar-refractivity contribution < 1.29 is 4.74 Å². The summed E-state index contributed by atoms with van der Waals surface area (Å²) in [5, 5.41) is 0. The summed E-state index contributed by atoms with van der Waals surface area (Å²) < 4.78 is 6.13. The Labute approximate surface area is 139 Å². The van der Waals surface area contributed by atoms with Crippen molar-refractivity contribution in [3.8, 4) is 0 Å². The molecule has 0 aromatic carbocycles. The number of ether oxygens (including phenoxy) is 1. The van der Waals surface area contributed by atoms with E-state index in [9.17, 15) is 0 Å². The lowest BCUT2D eigenvalue weighted by Crippen LogP contribution is -2.28. The predicted molar refractivity (Wildman–Crippen MR) is 96.2 cm³/mol. The molecule has 2 aliphatic rings. The van der Waals surface area contributed by atoms with Gasteiger partial charge in [-0.1, -0.05) is 58.8 Å². The van der Waals surface area contributed by atoms with Gasteiger partial charge in [-0.25, -0.2) is 0 Å². The maximum absolute atomic E-state index is 6.13. The summed E-state index contributed by atoms with van der Waals surface area (Å²) in [6, 6.07) is 0. The molecule has 0 radical (unpaired) electrons. The third-order valence-corrected chi connectivity index (χ3v) is 6.46. The van der Waals surface area contributed by atoms with Crippen LogP contribution in [-0.2, 0) is 4.74 Å². The smallest absolute Gasteiger partial charge is 0.0575 e. The van der Waals surface area contributed by atoms with E-state index in [1.54, 1.807) is 0 Å². The van der Waals surface area contributed by atoms with Gasteiger partial charge in [0.05, 0.1) is 6.10 Å². The predicted octanol–water partition coefficient (Wildman–Crippen LogP) is 6.75. The molecule has 0 spiro atoms. The minimum atomic E-state index is 0.592. The van der Waals surface area contributed by atoms with Gasteiger partial charge in [-0.05, 0) is 62.7 Å². The van der Waals surface area contributed by atoms with Crippen molar-refractivity contribution in [2.45, 2.75) is 110 Å². The summed E-state index contributed by atoms with van der Waals surface area (Å²) in [7, 11) is 0. The number of unbranched alkanes of at least 4 members (excludes halogenated alkanes) is 4. The second-order valence-corrected chi connectivity index (χ2v) is 8.01. The summed E-state index contributed by atoms with van der Waals surface area (Å²) in [5.74, 6) is 3.13. The van der Waals surface area contributed by atoms with Crippen LogP contribution in [0.4, 0.5) is 0 Å². The second kappa shape index (κ2) is 10.7. The molecule has 22 heavy (non-hydrogen) atoms. The molecule has 0 aliphatic heterocycles. The van der Waals surface area contributed by atoms with Crippen LogP contribution in [0.2, 0.25) is 0 Å². The Hall–Kier alpha value is -0.0400. The topological polar surface area (TPSA) is 9.23 Å². The minimum absolute atomic E-state index is 0.592. The van der Waals surface area contributed by atoms with Gasteiger partial charge < -0.3 is 4.74 Å². The standard InChI is InChI=1S/C21H40O/c1-3-5-6-7-8-17-22-21-15-13-20(14-16-21)19-11-9-18(4-2)10-12-19/h18-21H,3-17H2,1-2H3. The highest BCUT2D eigenvalue weighted by molar-refractivity contribution is 4.82. The van der Waals surface area contributed by atoms with Gasteiger partial charge in [0, 0.05) is 6.61 Å². The molecule has 0 saturated heterocycles. The monoisotopic (exact) mass is 308 g/mol. The van der Waals surface area contributed by atoms with Crippen LogP contribution in [-0.4, -0.2) is 12.7 Å². The second-order valence-electron chi connectivity index (χ2n) is 8.01. The molecular weight excluding hydrogens is 268 g/mol. The molecule has 0 aromatic rings. The fourth-order valence-corrected chi connectivity index (χ4v) is 4.75. The first kappa shape index (κ1) is 18.3. The molecule has 2 rings (SSSR count). The van der Waals surface area contributed by atoms with Gasteiger partial charge in [-0.15, -0.1) is 0 Å². The highest BCUT2D eigenvalue weighted by Crippen LogP contribution is 2.41. The maximum atomic E-state index is 6.13. The van der Waals surface area contributed by atoms with Crippen LogP contribution < -0.4 is 0 Å². The summed E-state index contributed by atoms with van der Waals surface area (Å²) in [6.45, 7) is 5.67. The first-order valence-electron chi connectivity index (χ1n) is 10.4. The third kappa shape index (κ3) is 6.22. The fourth-order valence-electron chi connectivity index (χ4n) is 4.75. The molecule has 1 heteroatoms. The number of hydrogen-bond donors (Lipinski definition) is 0. The average Bonchev–Trinajstić information content (AvgIpc) is 2.59. The van der Waals surface area contributed by atoms with Crippen LogP contribution in [0.1, 0.15) is 104 Å². The van der Waals surface area contributed by atoms with Crippen molar-refractivity contribution in [3.63, 3.8) is 0 Å². The van der Waals surface area contributed by atoms with Crippen molar-refractivity contribution >= 4 is 0 Å². The lowest BCUT2D eigenvalue weighted by atomic mass is 9.70. The Morgan fingerprint density at radius 3 is 1.86 bits per heavy atom. The minimum Gasteiger partial charge on any atom is -0.378 e. The molecular formula is C21H40O. The molecule has 0 amide bonds. The number of rotatable bonds is 9.